The number of aryl methyl sites for hydroxylation is 1. The molecule has 8 nitrogen and oxygen atoms in total. The summed E-state index contributed by atoms with van der Waals surface area (Å²) in [6.45, 7) is 1.55. The Balaban J connectivity index is 1.96. The van der Waals surface area contributed by atoms with Crippen LogP contribution in [0, 0.1) is 6.92 Å². The van der Waals surface area contributed by atoms with Crippen molar-refractivity contribution in [2.75, 3.05) is 5.32 Å². The van der Waals surface area contributed by atoms with E-state index in [0.717, 1.165) is 12.8 Å². The summed E-state index contributed by atoms with van der Waals surface area (Å²) in [6.07, 6.45) is 4.48. The fourth-order valence-electron chi connectivity index (χ4n) is 3.76. The van der Waals surface area contributed by atoms with E-state index >= 15 is 0 Å². The number of rotatable bonds is 7. The molecule has 0 radical (unpaired) electrons. The molecule has 0 bridgehead atoms. The summed E-state index contributed by atoms with van der Waals surface area (Å²) in [4.78, 5) is 40.5. The minimum absolute atomic E-state index is 0.0422. The molecule has 1 amide bonds. The van der Waals surface area contributed by atoms with E-state index in [4.69, 9.17) is 9.47 Å². The van der Waals surface area contributed by atoms with Crippen LogP contribution in [0.3, 0.4) is 0 Å². The molecule has 1 fully saturated rings. The van der Waals surface area contributed by atoms with Crippen molar-refractivity contribution >= 4 is 28.6 Å². The highest BCUT2D eigenvalue weighted by atomic mass is 19.3. The minimum atomic E-state index is -3.14. The maximum Gasteiger partial charge on any atom is 0.387 e. The molecule has 178 valence electrons. The van der Waals surface area contributed by atoms with Crippen molar-refractivity contribution in [1.82, 2.24) is 9.55 Å². The molecule has 1 aliphatic rings. The lowest BCUT2D eigenvalue weighted by atomic mass is 10.0. The van der Waals surface area contributed by atoms with Crippen LogP contribution < -0.4 is 20.2 Å². The number of hydrogen-bond acceptors (Lipinski definition) is 6. The lowest BCUT2D eigenvalue weighted by Gasteiger charge is -2.19. The molecule has 2 heterocycles. The van der Waals surface area contributed by atoms with E-state index in [1.54, 1.807) is 24.5 Å². The molecule has 4 rings (SSSR count). The van der Waals surface area contributed by atoms with E-state index in [9.17, 15) is 23.2 Å². The van der Waals surface area contributed by atoms with E-state index in [1.165, 1.54) is 31.5 Å². The second-order valence-electron chi connectivity index (χ2n) is 8.08. The smallest absolute Gasteiger partial charge is 0.387 e. The zero-order valence-corrected chi connectivity index (χ0v) is 18.9. The Hall–Kier alpha value is -3.82. The molecule has 0 saturated heterocycles. The second kappa shape index (κ2) is 9.20. The van der Waals surface area contributed by atoms with Crippen LogP contribution in [0.2, 0.25) is 0 Å². The summed E-state index contributed by atoms with van der Waals surface area (Å²) in [5.41, 5.74) is 1.02. The number of esters is 1. The Morgan fingerprint density at radius 3 is 2.62 bits per heavy atom. The van der Waals surface area contributed by atoms with Gasteiger partial charge in [-0.25, -0.2) is 4.98 Å². The van der Waals surface area contributed by atoms with E-state index in [0.29, 0.717) is 22.5 Å². The van der Waals surface area contributed by atoms with Gasteiger partial charge in [0.25, 0.3) is 0 Å². The molecule has 0 aliphatic heterocycles. The van der Waals surface area contributed by atoms with Crippen molar-refractivity contribution in [2.45, 2.75) is 52.7 Å². The van der Waals surface area contributed by atoms with Crippen LogP contribution in [0.1, 0.15) is 44.7 Å². The monoisotopic (exact) mass is 471 g/mol. The molecular weight excluding hydrogens is 448 g/mol. The van der Waals surface area contributed by atoms with Crippen LogP contribution >= 0.6 is 0 Å². The van der Waals surface area contributed by atoms with Crippen LogP contribution in [0.5, 0.6) is 11.5 Å². The van der Waals surface area contributed by atoms with E-state index in [2.05, 4.69) is 10.3 Å². The maximum atomic E-state index is 13.5. The summed E-state index contributed by atoms with van der Waals surface area (Å²) in [6, 6.07) is 4.65. The van der Waals surface area contributed by atoms with Gasteiger partial charge in [0.1, 0.15) is 5.82 Å². The van der Waals surface area contributed by atoms with Gasteiger partial charge in [0, 0.05) is 36.7 Å². The average molecular weight is 471 g/mol. The summed E-state index contributed by atoms with van der Waals surface area (Å²) in [7, 11) is 0. The van der Waals surface area contributed by atoms with Gasteiger partial charge in [-0.15, -0.1) is 0 Å². The number of fused-ring (bicyclic) bond motifs is 1. The van der Waals surface area contributed by atoms with Gasteiger partial charge < -0.3 is 19.4 Å². The predicted octanol–water partition coefficient (Wildman–Crippen LogP) is 4.58. The van der Waals surface area contributed by atoms with Crippen molar-refractivity contribution < 1.29 is 27.8 Å². The first-order chi connectivity index (χ1) is 16.2. The molecule has 1 N–H and O–H groups in total. The Morgan fingerprint density at radius 1 is 1.29 bits per heavy atom. The highest BCUT2D eigenvalue weighted by molar-refractivity contribution is 5.94. The van der Waals surface area contributed by atoms with Crippen LogP contribution in [0.15, 0.2) is 35.4 Å². The molecule has 1 aliphatic carbocycles. The summed E-state index contributed by atoms with van der Waals surface area (Å²) in [5, 5.41) is 2.71. The first-order valence-electron chi connectivity index (χ1n) is 10.8. The molecular formula is C24H23F2N3O5. The molecule has 1 saturated carbocycles. The zero-order chi connectivity index (χ0) is 24.6. The van der Waals surface area contributed by atoms with Crippen molar-refractivity contribution in [3.8, 4) is 22.6 Å². The number of aromatic nitrogens is 2. The number of ether oxygens (including phenoxy) is 2. The molecule has 0 unspecified atom stereocenters. The number of pyridine rings is 2. The molecule has 10 heteroatoms. The average Bonchev–Trinajstić information content (AvgIpc) is 3.62. The quantitative estimate of drug-likeness (QED) is 0.507. The first-order valence-corrected chi connectivity index (χ1v) is 10.8. The Bertz CT molecular complexity index is 1350. The topological polar surface area (TPSA) is 99.5 Å². The number of anilines is 1. The Labute approximate surface area is 193 Å². The summed E-state index contributed by atoms with van der Waals surface area (Å²) in [5.74, 6) is -0.827. The maximum absolute atomic E-state index is 13.5. The normalized spacial score (nSPS) is 13.2. The highest BCUT2D eigenvalue weighted by Crippen LogP contribution is 2.43. The second-order valence-corrected chi connectivity index (χ2v) is 8.08. The first kappa shape index (κ1) is 23.3. The molecule has 2 aromatic heterocycles. The fraction of sp³-hybridized carbons (Fsp3) is 0.333. The number of halogens is 2. The third kappa shape index (κ3) is 4.61. The van der Waals surface area contributed by atoms with Crippen molar-refractivity contribution in [3.63, 3.8) is 0 Å². The van der Waals surface area contributed by atoms with Crippen molar-refractivity contribution in [1.29, 1.82) is 0 Å². The van der Waals surface area contributed by atoms with Crippen molar-refractivity contribution in [2.24, 2.45) is 0 Å². The number of nitrogens with zero attached hydrogens (tertiary/aromatic N) is 2. The van der Waals surface area contributed by atoms with Gasteiger partial charge in [-0.2, -0.15) is 8.78 Å². The number of alkyl halides is 2. The van der Waals surface area contributed by atoms with Crippen molar-refractivity contribution in [3.05, 3.63) is 46.4 Å². The predicted molar refractivity (Wildman–Crippen MR) is 121 cm³/mol. The minimum Gasteiger partial charge on any atom is -0.432 e. The zero-order valence-electron chi connectivity index (χ0n) is 18.9. The number of hydrogen-bond donors (Lipinski definition) is 1. The number of carbonyl (C=O) groups excluding carboxylic acids is 2. The van der Waals surface area contributed by atoms with Crippen LogP contribution in [0.25, 0.3) is 22.0 Å². The lowest BCUT2D eigenvalue weighted by molar-refractivity contribution is -0.134. The van der Waals surface area contributed by atoms with Crippen LogP contribution in [-0.2, 0) is 9.59 Å². The Morgan fingerprint density at radius 2 is 2.03 bits per heavy atom. The largest absolute Gasteiger partial charge is 0.432 e. The van der Waals surface area contributed by atoms with Gasteiger partial charge in [0.15, 0.2) is 11.5 Å². The van der Waals surface area contributed by atoms with Gasteiger partial charge in [-0.1, -0.05) is 6.92 Å². The van der Waals surface area contributed by atoms with Gasteiger partial charge in [-0.05, 0) is 43.5 Å². The number of benzene rings is 1. The third-order valence-electron chi connectivity index (χ3n) is 5.46. The van der Waals surface area contributed by atoms with Gasteiger partial charge >= 0.3 is 12.6 Å². The van der Waals surface area contributed by atoms with E-state index in [1.807, 2.05) is 0 Å². The molecule has 3 aromatic rings. The fourth-order valence-corrected chi connectivity index (χ4v) is 3.76. The van der Waals surface area contributed by atoms with Gasteiger partial charge in [0.2, 0.25) is 11.3 Å². The van der Waals surface area contributed by atoms with Crippen LogP contribution in [0.4, 0.5) is 14.6 Å². The molecule has 34 heavy (non-hydrogen) atoms. The third-order valence-corrected chi connectivity index (χ3v) is 5.46. The highest BCUT2D eigenvalue weighted by Gasteiger charge is 2.29. The number of nitrogens with one attached hydrogen (secondary N) is 1. The van der Waals surface area contributed by atoms with E-state index in [-0.39, 0.29) is 40.8 Å². The molecule has 0 spiro atoms. The SMILES string of the molecule is CCC(=O)Oc1cn(C2CC2)c2c(OC(F)F)c(-c3cnc(NC(C)=O)c(C)c3)ccc2c1=O. The Kier molecular flexibility index (Phi) is 6.32. The molecule has 0 atom stereocenters. The lowest BCUT2D eigenvalue weighted by Crippen LogP contribution is -2.18. The number of amides is 1. The summed E-state index contributed by atoms with van der Waals surface area (Å²) >= 11 is 0. The van der Waals surface area contributed by atoms with E-state index < -0.39 is 18.0 Å². The summed E-state index contributed by atoms with van der Waals surface area (Å²) < 4.78 is 38.9. The number of carbonyl (C=O) groups is 2. The van der Waals surface area contributed by atoms with Gasteiger partial charge in [0.05, 0.1) is 17.1 Å². The van der Waals surface area contributed by atoms with Gasteiger partial charge in [-0.3, -0.25) is 14.4 Å². The molecule has 1 aromatic carbocycles. The standard InChI is InChI=1S/C24H23F2N3O5/c1-4-19(31)33-18-11-29(15-5-6-15)20-17(21(18)32)8-7-16(22(20)34-24(25)26)14-9-12(2)23(27-10-14)28-13(3)30/h7-11,15,24H,4-6H2,1-3H3,(H,27,28,30). The van der Waals surface area contributed by atoms with Crippen LogP contribution in [-0.4, -0.2) is 28.0 Å².